The topological polar surface area (TPSA) is 0 Å². The Labute approximate surface area is 132 Å². The Balaban J connectivity index is -0.00000000167. The van der Waals surface area contributed by atoms with E-state index in [0.717, 1.165) is 0 Å². The van der Waals surface area contributed by atoms with E-state index in [4.69, 9.17) is 0 Å². The fourth-order valence-corrected chi connectivity index (χ4v) is 0. The first kappa shape index (κ1) is 22.8. The van der Waals surface area contributed by atoms with Gasteiger partial charge >= 0.3 is 137 Å². The van der Waals surface area contributed by atoms with Crippen LogP contribution in [0.2, 0.25) is 0 Å². The average Bonchev–Trinajstić information content (AvgIpc) is 1.00. The van der Waals surface area contributed by atoms with Crippen LogP contribution in [0, 0.1) is 0 Å². The fraction of sp³-hybridized carbons (Fsp3) is 0. The van der Waals surface area contributed by atoms with Crippen molar-refractivity contribution >= 4 is 119 Å². The molecule has 0 radical (unpaired) electrons. The minimum atomic E-state index is 0. The molecule has 0 aliphatic heterocycles. The van der Waals surface area contributed by atoms with Crippen LogP contribution >= 0.6 is 0 Å². The minimum absolute atomic E-state index is 0. The maximum Gasteiger partial charge on any atom is 0.316 e. The van der Waals surface area contributed by atoms with Crippen molar-refractivity contribution in [3.8, 4) is 0 Å². The third-order valence-electron chi connectivity index (χ3n) is 0. The minimum Gasteiger partial charge on any atom is 0.316 e. The normalized spacial score (nSPS) is 1.20. The summed E-state index contributed by atoms with van der Waals surface area (Å²) >= 11 is 1.38. The molecule has 5 heavy (non-hydrogen) atoms. The summed E-state index contributed by atoms with van der Waals surface area (Å²) < 4.78 is 0. The molecule has 0 aromatic rings. The second-order valence-corrected chi connectivity index (χ2v) is 0. The molecule has 0 amide bonds. The van der Waals surface area contributed by atoms with Crippen molar-refractivity contribution in [3.63, 3.8) is 0 Å². The second kappa shape index (κ2) is 23.8. The van der Waals surface area contributed by atoms with Crippen LogP contribution in [0.1, 0.15) is 0 Å². The zero-order valence-corrected chi connectivity index (χ0v) is 4.67. The molecule has 0 saturated carbocycles. The number of hydrogen-bond acceptors (Lipinski definition) is 0. The van der Waals surface area contributed by atoms with Gasteiger partial charge in [-0.3, -0.25) is 0 Å². The summed E-state index contributed by atoms with van der Waals surface area (Å²) in [7, 11) is 0. The van der Waals surface area contributed by atoms with Crippen LogP contribution in [0.3, 0.4) is 0 Å². The van der Waals surface area contributed by atoms with Gasteiger partial charge < -0.3 is 0 Å². The van der Waals surface area contributed by atoms with Gasteiger partial charge in [0.25, 0.3) is 0 Å². The third-order valence-corrected chi connectivity index (χ3v) is 0. The molecule has 0 fully saturated rings. The Hall–Kier alpha value is 4.35. The Morgan fingerprint density at radius 1 is 1.20 bits per heavy atom. The molecule has 0 N–H and O–H groups in total. The van der Waals surface area contributed by atoms with Crippen molar-refractivity contribution in [2.75, 3.05) is 0 Å². The Morgan fingerprint density at radius 2 is 1.20 bits per heavy atom. The third kappa shape index (κ3) is 17.8. The van der Waals surface area contributed by atoms with E-state index in [2.05, 4.69) is 6.33 Å². The van der Waals surface area contributed by atoms with Crippen molar-refractivity contribution in [1.29, 1.82) is 0 Å². The predicted molar refractivity (Wildman–Crippen MR) is 32.8 cm³/mol. The average molecular weight is 187 g/mol. The van der Waals surface area contributed by atoms with E-state index in [9.17, 15) is 0 Å². The number of hydrogen-bond donors (Lipinski definition) is 0. The Kier molecular flexibility index (Phi) is 109. The molecule has 0 bridgehead atoms. The van der Waals surface area contributed by atoms with E-state index in [0.29, 0.717) is 0 Å². The van der Waals surface area contributed by atoms with Gasteiger partial charge in [0.05, 0.1) is 0 Å². The van der Waals surface area contributed by atoms with E-state index in [1.807, 2.05) is 0 Å². The first-order valence-corrected chi connectivity index (χ1v) is 3.67. The SMILES string of the molecule is [BH2][Zn].[CaH2].[KH].[MgH2]. The summed E-state index contributed by atoms with van der Waals surface area (Å²) in [6.07, 6.45) is 2.12. The van der Waals surface area contributed by atoms with Crippen molar-refractivity contribution < 1.29 is 18.1 Å². The van der Waals surface area contributed by atoms with Gasteiger partial charge in [0.15, 0.2) is 0 Å². The van der Waals surface area contributed by atoms with Gasteiger partial charge in [-0.1, -0.05) is 0 Å². The van der Waals surface area contributed by atoms with E-state index in [1.165, 1.54) is 18.1 Å². The summed E-state index contributed by atoms with van der Waals surface area (Å²) in [4.78, 5) is 0. The van der Waals surface area contributed by atoms with Crippen LogP contribution in [-0.2, 0) is 18.1 Å². The molecule has 0 aromatic carbocycles. The van der Waals surface area contributed by atoms with Crippen molar-refractivity contribution in [3.05, 3.63) is 0 Å². The van der Waals surface area contributed by atoms with Crippen LogP contribution in [0.4, 0.5) is 0 Å². The second-order valence-electron chi connectivity index (χ2n) is 0. The summed E-state index contributed by atoms with van der Waals surface area (Å²) in [6, 6.07) is 0. The van der Waals surface area contributed by atoms with E-state index < -0.39 is 0 Å². The first-order valence-electron chi connectivity index (χ1n) is 0.707. The molecule has 5 heteroatoms. The summed E-state index contributed by atoms with van der Waals surface area (Å²) in [5.74, 6) is 0. The zero-order chi connectivity index (χ0) is 2.00. The first-order chi connectivity index (χ1) is 1.00. The summed E-state index contributed by atoms with van der Waals surface area (Å²) in [5.41, 5.74) is 0. The van der Waals surface area contributed by atoms with Crippen molar-refractivity contribution in [1.82, 2.24) is 0 Å². The van der Waals surface area contributed by atoms with Crippen LogP contribution < -0.4 is 0 Å². The molecule has 0 spiro atoms. The van der Waals surface area contributed by atoms with Crippen LogP contribution in [0.25, 0.3) is 0 Å². The molecule has 0 rings (SSSR count). The Morgan fingerprint density at radius 3 is 1.20 bits per heavy atom. The molecule has 17 valence electrons. The van der Waals surface area contributed by atoms with Gasteiger partial charge in [0.1, 0.15) is 0 Å². The van der Waals surface area contributed by atoms with E-state index >= 15 is 0 Å². The quantitative estimate of drug-likeness (QED) is 0.346. The smallest absolute Gasteiger partial charge is 0.316 e. The maximum absolute atomic E-state index is 2.12. The maximum atomic E-state index is 2.12. The van der Waals surface area contributed by atoms with Crippen molar-refractivity contribution in [2.24, 2.45) is 0 Å². The van der Waals surface area contributed by atoms with E-state index in [-0.39, 0.29) is 112 Å². The molecule has 0 nitrogen and oxygen atoms in total. The largest absolute Gasteiger partial charge is 0.316 e. The molecular weight excluding hydrogens is 180 g/mol. The van der Waals surface area contributed by atoms with Crippen LogP contribution in [0.5, 0.6) is 0 Å². The standard InChI is InChI=1S/BH2.Ca.K.Mg.Zn.5H/h1H2;;;;;;;;;/q+1;;;;-1;;;;;. The molecular formula is H7BCaKMgZn. The van der Waals surface area contributed by atoms with Gasteiger partial charge in [0, 0.05) is 0 Å². The van der Waals surface area contributed by atoms with Gasteiger partial charge in [-0.05, 0) is 0 Å². The van der Waals surface area contributed by atoms with Crippen LogP contribution in [0.15, 0.2) is 0 Å². The van der Waals surface area contributed by atoms with Gasteiger partial charge in [-0.25, -0.2) is 0 Å². The summed E-state index contributed by atoms with van der Waals surface area (Å²) in [6.45, 7) is 0. The molecule has 0 aliphatic rings. The zero-order valence-electron chi connectivity index (χ0n) is 1.71. The molecule has 0 heterocycles. The molecule has 0 aromatic heterocycles. The van der Waals surface area contributed by atoms with Gasteiger partial charge in [0.2, 0.25) is 0 Å². The number of rotatable bonds is 0. The molecule has 0 unspecified atom stereocenters. The molecule has 0 saturated heterocycles. The van der Waals surface area contributed by atoms with Crippen molar-refractivity contribution in [2.45, 2.75) is 0 Å². The van der Waals surface area contributed by atoms with Gasteiger partial charge in [-0.15, -0.1) is 0 Å². The van der Waals surface area contributed by atoms with Crippen LogP contribution in [-0.4, -0.2) is 119 Å². The van der Waals surface area contributed by atoms with E-state index in [1.54, 1.807) is 0 Å². The molecule has 0 aliphatic carbocycles. The van der Waals surface area contributed by atoms with Gasteiger partial charge in [-0.2, -0.15) is 0 Å². The predicted octanol–water partition coefficient (Wildman–Crippen LogP) is -3.40. The fourth-order valence-electron chi connectivity index (χ4n) is 0. The summed E-state index contributed by atoms with van der Waals surface area (Å²) in [5, 5.41) is 0. The molecule has 0 atom stereocenters. The monoisotopic (exact) mass is 185 g/mol. The Bertz CT molecular complexity index is 11.6.